The van der Waals surface area contributed by atoms with E-state index in [9.17, 15) is 14.7 Å². The fourth-order valence-electron chi connectivity index (χ4n) is 2.78. The molecule has 7 heteroatoms. The van der Waals surface area contributed by atoms with Crippen LogP contribution in [0.25, 0.3) is 11.3 Å². The normalized spacial score (nSPS) is 17.3. The molecule has 0 radical (unpaired) electrons. The largest absolute Gasteiger partial charge is 0.497 e. The highest BCUT2D eigenvalue weighted by molar-refractivity contribution is 5.96. The maximum absolute atomic E-state index is 12.5. The standard InChI is InChI=1S/C16H17N3O4/c1-23-11-5-2-4-10(8-11)12-9-13(18-17-12)15(20)19-7-3-6-14(19)16(21)22/h2,4-5,8-9,14H,3,6-7H2,1H3,(H,17,18)(H,21,22)/t14-/m0/s1. The summed E-state index contributed by atoms with van der Waals surface area (Å²) >= 11 is 0. The number of aliphatic carboxylic acids is 1. The number of amides is 1. The highest BCUT2D eigenvalue weighted by atomic mass is 16.5. The summed E-state index contributed by atoms with van der Waals surface area (Å²) in [6, 6.07) is 8.22. The Bertz CT molecular complexity index is 740. The first-order valence-electron chi connectivity index (χ1n) is 7.34. The Morgan fingerprint density at radius 3 is 2.96 bits per heavy atom. The van der Waals surface area contributed by atoms with Gasteiger partial charge in [-0.3, -0.25) is 9.89 Å². The van der Waals surface area contributed by atoms with Crippen molar-refractivity contribution in [3.05, 3.63) is 36.0 Å². The molecule has 1 fully saturated rings. The molecule has 3 rings (SSSR count). The molecule has 1 aliphatic heterocycles. The quantitative estimate of drug-likeness (QED) is 0.896. The molecular formula is C16H17N3O4. The molecule has 120 valence electrons. The first-order chi connectivity index (χ1) is 11.1. The third-order valence-corrected chi connectivity index (χ3v) is 3.97. The Morgan fingerprint density at radius 2 is 2.22 bits per heavy atom. The number of likely N-dealkylation sites (tertiary alicyclic amines) is 1. The van der Waals surface area contributed by atoms with Crippen molar-refractivity contribution in [3.8, 4) is 17.0 Å². The van der Waals surface area contributed by atoms with Gasteiger partial charge in [0.1, 0.15) is 17.5 Å². The van der Waals surface area contributed by atoms with E-state index in [-0.39, 0.29) is 11.6 Å². The van der Waals surface area contributed by atoms with Gasteiger partial charge in [-0.15, -0.1) is 0 Å². The number of ether oxygens (including phenoxy) is 1. The minimum absolute atomic E-state index is 0.288. The van der Waals surface area contributed by atoms with Crippen LogP contribution in [0.15, 0.2) is 30.3 Å². The lowest BCUT2D eigenvalue weighted by Crippen LogP contribution is -2.40. The summed E-state index contributed by atoms with van der Waals surface area (Å²) in [4.78, 5) is 25.1. The number of carboxylic acid groups (broad SMARTS) is 1. The van der Waals surface area contributed by atoms with Gasteiger partial charge in [-0.05, 0) is 31.0 Å². The van der Waals surface area contributed by atoms with Gasteiger partial charge in [0.25, 0.3) is 5.91 Å². The smallest absolute Gasteiger partial charge is 0.326 e. The third kappa shape index (κ3) is 2.90. The summed E-state index contributed by atoms with van der Waals surface area (Å²) in [5, 5.41) is 16.0. The summed E-state index contributed by atoms with van der Waals surface area (Å²) < 4.78 is 5.17. The zero-order chi connectivity index (χ0) is 16.4. The van der Waals surface area contributed by atoms with Crippen molar-refractivity contribution in [2.45, 2.75) is 18.9 Å². The Balaban J connectivity index is 1.84. The van der Waals surface area contributed by atoms with Crippen LogP contribution in [-0.2, 0) is 4.79 Å². The summed E-state index contributed by atoms with van der Waals surface area (Å²) in [6.07, 6.45) is 1.18. The minimum atomic E-state index is -0.969. The van der Waals surface area contributed by atoms with Crippen molar-refractivity contribution in [2.75, 3.05) is 13.7 Å². The molecule has 0 bridgehead atoms. The highest BCUT2D eigenvalue weighted by Crippen LogP contribution is 2.24. The number of benzene rings is 1. The van der Waals surface area contributed by atoms with E-state index in [1.54, 1.807) is 13.2 Å². The van der Waals surface area contributed by atoms with Gasteiger partial charge in [-0.25, -0.2) is 4.79 Å². The maximum Gasteiger partial charge on any atom is 0.326 e. The van der Waals surface area contributed by atoms with Crippen molar-refractivity contribution in [3.63, 3.8) is 0 Å². The number of nitrogens with zero attached hydrogens (tertiary/aromatic N) is 2. The van der Waals surface area contributed by atoms with Crippen LogP contribution in [0, 0.1) is 0 Å². The molecule has 2 heterocycles. The van der Waals surface area contributed by atoms with Gasteiger partial charge >= 0.3 is 5.97 Å². The van der Waals surface area contributed by atoms with E-state index in [2.05, 4.69) is 10.2 Å². The second-order valence-corrected chi connectivity index (χ2v) is 5.39. The van der Waals surface area contributed by atoms with Gasteiger partial charge in [-0.1, -0.05) is 12.1 Å². The first kappa shape index (κ1) is 15.1. The molecule has 2 aromatic rings. The predicted octanol–water partition coefficient (Wildman–Crippen LogP) is 1.77. The number of rotatable bonds is 4. The SMILES string of the molecule is COc1cccc(-c2cc(C(=O)N3CCC[C@H]3C(=O)O)[nH]n2)c1. The number of carbonyl (C=O) groups excluding carboxylic acids is 1. The number of carbonyl (C=O) groups is 2. The minimum Gasteiger partial charge on any atom is -0.497 e. The lowest BCUT2D eigenvalue weighted by atomic mass is 10.1. The van der Waals surface area contributed by atoms with Crippen LogP contribution >= 0.6 is 0 Å². The average Bonchev–Trinajstić information content (AvgIpc) is 3.23. The molecule has 1 aromatic carbocycles. The summed E-state index contributed by atoms with van der Waals surface area (Å²) in [5.74, 6) is -0.608. The molecule has 0 spiro atoms. The van der Waals surface area contributed by atoms with Crippen LogP contribution in [0.5, 0.6) is 5.75 Å². The number of hydrogen-bond acceptors (Lipinski definition) is 4. The van der Waals surface area contributed by atoms with Crippen LogP contribution in [0.1, 0.15) is 23.3 Å². The molecule has 1 atom stereocenters. The Hall–Kier alpha value is -2.83. The zero-order valence-electron chi connectivity index (χ0n) is 12.7. The summed E-state index contributed by atoms with van der Waals surface area (Å²) in [5.41, 5.74) is 1.71. The number of H-pyrrole nitrogens is 1. The number of carboxylic acids is 1. The van der Waals surface area contributed by atoms with Crippen LogP contribution < -0.4 is 4.74 Å². The van der Waals surface area contributed by atoms with E-state index >= 15 is 0 Å². The maximum atomic E-state index is 12.5. The van der Waals surface area contributed by atoms with Crippen molar-refractivity contribution < 1.29 is 19.4 Å². The zero-order valence-corrected chi connectivity index (χ0v) is 12.7. The Morgan fingerprint density at radius 1 is 1.39 bits per heavy atom. The summed E-state index contributed by atoms with van der Waals surface area (Å²) in [7, 11) is 1.58. The van der Waals surface area contributed by atoms with Crippen molar-refractivity contribution in [2.24, 2.45) is 0 Å². The van der Waals surface area contributed by atoms with Crippen molar-refractivity contribution in [1.29, 1.82) is 0 Å². The second-order valence-electron chi connectivity index (χ2n) is 5.39. The van der Waals surface area contributed by atoms with E-state index in [4.69, 9.17) is 4.74 Å². The Labute approximate surface area is 132 Å². The number of aromatic nitrogens is 2. The average molecular weight is 315 g/mol. The van der Waals surface area contributed by atoms with Crippen molar-refractivity contribution >= 4 is 11.9 Å². The van der Waals surface area contributed by atoms with Crippen LogP contribution in [0.3, 0.4) is 0 Å². The molecule has 0 unspecified atom stereocenters. The van der Waals surface area contributed by atoms with Crippen LogP contribution in [0.4, 0.5) is 0 Å². The fourth-order valence-corrected chi connectivity index (χ4v) is 2.78. The molecule has 1 saturated heterocycles. The lowest BCUT2D eigenvalue weighted by Gasteiger charge is -2.20. The van der Waals surface area contributed by atoms with Crippen molar-refractivity contribution in [1.82, 2.24) is 15.1 Å². The molecule has 7 nitrogen and oxygen atoms in total. The van der Waals surface area contributed by atoms with Crippen LogP contribution in [-0.4, -0.2) is 51.8 Å². The topological polar surface area (TPSA) is 95.5 Å². The second kappa shape index (κ2) is 6.12. The molecule has 1 aliphatic rings. The number of nitrogens with one attached hydrogen (secondary N) is 1. The monoisotopic (exact) mass is 315 g/mol. The lowest BCUT2D eigenvalue weighted by molar-refractivity contribution is -0.141. The van der Waals surface area contributed by atoms with E-state index < -0.39 is 12.0 Å². The Kier molecular flexibility index (Phi) is 4.01. The number of methoxy groups -OCH3 is 1. The molecular weight excluding hydrogens is 298 g/mol. The van der Waals surface area contributed by atoms with Gasteiger partial charge < -0.3 is 14.7 Å². The molecule has 2 N–H and O–H groups in total. The first-order valence-corrected chi connectivity index (χ1v) is 7.34. The van der Waals surface area contributed by atoms with E-state index in [0.29, 0.717) is 30.8 Å². The number of hydrogen-bond donors (Lipinski definition) is 2. The van der Waals surface area contributed by atoms with Gasteiger partial charge in [0.2, 0.25) is 0 Å². The van der Waals surface area contributed by atoms with E-state index in [1.165, 1.54) is 4.90 Å². The highest BCUT2D eigenvalue weighted by Gasteiger charge is 2.35. The van der Waals surface area contributed by atoms with Gasteiger partial charge in [-0.2, -0.15) is 5.10 Å². The molecule has 0 saturated carbocycles. The predicted molar refractivity (Wildman–Crippen MR) is 82.3 cm³/mol. The number of aromatic amines is 1. The summed E-state index contributed by atoms with van der Waals surface area (Å²) in [6.45, 7) is 0.448. The van der Waals surface area contributed by atoms with Gasteiger partial charge in [0.15, 0.2) is 0 Å². The van der Waals surface area contributed by atoms with E-state index in [1.807, 2.05) is 24.3 Å². The molecule has 23 heavy (non-hydrogen) atoms. The molecule has 1 amide bonds. The van der Waals surface area contributed by atoms with Gasteiger partial charge in [0, 0.05) is 12.1 Å². The van der Waals surface area contributed by atoms with Gasteiger partial charge in [0.05, 0.1) is 12.8 Å². The van der Waals surface area contributed by atoms with Crippen LogP contribution in [0.2, 0.25) is 0 Å². The third-order valence-electron chi connectivity index (χ3n) is 3.97. The molecule has 0 aliphatic carbocycles. The fraction of sp³-hybridized carbons (Fsp3) is 0.312. The molecule has 1 aromatic heterocycles. The van der Waals surface area contributed by atoms with E-state index in [0.717, 1.165) is 5.56 Å².